The van der Waals surface area contributed by atoms with Gasteiger partial charge in [0.25, 0.3) is 0 Å². The second-order valence-corrected chi connectivity index (χ2v) is 6.19. The van der Waals surface area contributed by atoms with Crippen molar-refractivity contribution in [3.63, 3.8) is 0 Å². The SMILES string of the molecule is O=C(Cn1nnc(COc2ccccc2)n1)NCc1ccc(Cl)cc1Cl. The molecule has 0 aliphatic carbocycles. The maximum Gasteiger partial charge on any atom is 0.243 e. The van der Waals surface area contributed by atoms with Crippen molar-refractivity contribution >= 4 is 29.1 Å². The Morgan fingerprint density at radius 2 is 1.96 bits per heavy atom. The molecule has 0 spiro atoms. The third-order valence-electron chi connectivity index (χ3n) is 3.38. The molecular formula is C17H15Cl2N5O2. The molecule has 0 aliphatic rings. The zero-order valence-electron chi connectivity index (χ0n) is 13.6. The van der Waals surface area contributed by atoms with Gasteiger partial charge in [-0.1, -0.05) is 47.5 Å². The van der Waals surface area contributed by atoms with Gasteiger partial charge in [0, 0.05) is 16.6 Å². The highest BCUT2D eigenvalue weighted by atomic mass is 35.5. The number of rotatable bonds is 7. The zero-order chi connectivity index (χ0) is 18.4. The number of amides is 1. The molecule has 0 saturated heterocycles. The fourth-order valence-electron chi connectivity index (χ4n) is 2.11. The van der Waals surface area contributed by atoms with Crippen LogP contribution in [0.4, 0.5) is 0 Å². The Kier molecular flexibility index (Phi) is 6.04. The highest BCUT2D eigenvalue weighted by Gasteiger charge is 2.09. The molecule has 3 aromatic rings. The second kappa shape index (κ2) is 8.64. The third kappa shape index (κ3) is 5.18. The summed E-state index contributed by atoms with van der Waals surface area (Å²) in [6.45, 7) is 0.406. The fraction of sp³-hybridized carbons (Fsp3) is 0.176. The number of hydrogen-bond acceptors (Lipinski definition) is 5. The first-order chi connectivity index (χ1) is 12.6. The van der Waals surface area contributed by atoms with E-state index in [1.807, 2.05) is 30.3 Å². The van der Waals surface area contributed by atoms with Gasteiger partial charge in [-0.05, 0) is 35.0 Å². The minimum Gasteiger partial charge on any atom is -0.485 e. The maximum absolute atomic E-state index is 12.0. The Balaban J connectivity index is 1.48. The van der Waals surface area contributed by atoms with Crippen molar-refractivity contribution in [1.29, 1.82) is 0 Å². The average molecular weight is 392 g/mol. The van der Waals surface area contributed by atoms with E-state index in [0.29, 0.717) is 21.6 Å². The van der Waals surface area contributed by atoms with Crippen molar-refractivity contribution in [2.24, 2.45) is 0 Å². The fourth-order valence-corrected chi connectivity index (χ4v) is 2.58. The van der Waals surface area contributed by atoms with Crippen LogP contribution < -0.4 is 10.1 Å². The summed E-state index contributed by atoms with van der Waals surface area (Å²) in [5.41, 5.74) is 0.771. The summed E-state index contributed by atoms with van der Waals surface area (Å²) < 4.78 is 5.53. The Hall–Kier alpha value is -2.64. The van der Waals surface area contributed by atoms with Crippen LogP contribution in [-0.4, -0.2) is 26.1 Å². The predicted octanol–water partition coefficient (Wildman–Crippen LogP) is 2.88. The van der Waals surface area contributed by atoms with Crippen LogP contribution in [0.5, 0.6) is 5.75 Å². The zero-order valence-corrected chi connectivity index (χ0v) is 15.1. The topological polar surface area (TPSA) is 81.9 Å². The molecule has 1 amide bonds. The van der Waals surface area contributed by atoms with E-state index < -0.39 is 0 Å². The number of para-hydroxylation sites is 1. The Labute approximate surface area is 159 Å². The molecule has 134 valence electrons. The van der Waals surface area contributed by atoms with Crippen LogP contribution in [-0.2, 0) is 24.5 Å². The lowest BCUT2D eigenvalue weighted by Gasteiger charge is -2.06. The van der Waals surface area contributed by atoms with Gasteiger partial charge < -0.3 is 10.1 Å². The van der Waals surface area contributed by atoms with Crippen LogP contribution in [0.15, 0.2) is 48.5 Å². The molecule has 0 unspecified atom stereocenters. The van der Waals surface area contributed by atoms with E-state index in [1.54, 1.807) is 18.2 Å². The number of hydrogen-bond donors (Lipinski definition) is 1. The Bertz CT molecular complexity index is 886. The monoisotopic (exact) mass is 391 g/mol. The Morgan fingerprint density at radius 1 is 1.15 bits per heavy atom. The van der Waals surface area contributed by atoms with E-state index in [1.165, 1.54) is 4.80 Å². The Morgan fingerprint density at radius 3 is 2.73 bits per heavy atom. The number of ether oxygens (including phenoxy) is 1. The van der Waals surface area contributed by atoms with Gasteiger partial charge in [0.1, 0.15) is 12.3 Å². The molecule has 0 saturated carbocycles. The van der Waals surface area contributed by atoms with Crippen LogP contribution in [0.1, 0.15) is 11.4 Å². The van der Waals surface area contributed by atoms with Crippen LogP contribution in [0.2, 0.25) is 10.0 Å². The first-order valence-corrected chi connectivity index (χ1v) is 8.51. The second-order valence-electron chi connectivity index (χ2n) is 5.35. The summed E-state index contributed by atoms with van der Waals surface area (Å²) in [5.74, 6) is 0.841. The van der Waals surface area contributed by atoms with Crippen molar-refractivity contribution in [3.8, 4) is 5.75 Å². The first kappa shape index (κ1) is 18.2. The molecular weight excluding hydrogens is 377 g/mol. The average Bonchev–Trinajstić information content (AvgIpc) is 3.07. The lowest BCUT2D eigenvalue weighted by Crippen LogP contribution is -2.28. The van der Waals surface area contributed by atoms with E-state index in [9.17, 15) is 4.79 Å². The molecule has 2 aromatic carbocycles. The number of carbonyl (C=O) groups is 1. The lowest BCUT2D eigenvalue weighted by molar-refractivity contribution is -0.122. The lowest BCUT2D eigenvalue weighted by atomic mass is 10.2. The van der Waals surface area contributed by atoms with Crippen molar-refractivity contribution in [2.75, 3.05) is 0 Å². The third-order valence-corrected chi connectivity index (χ3v) is 3.97. The number of tetrazole rings is 1. The quantitative estimate of drug-likeness (QED) is 0.669. The molecule has 1 aromatic heterocycles. The van der Waals surface area contributed by atoms with Gasteiger partial charge in [0.05, 0.1) is 0 Å². The molecule has 9 heteroatoms. The summed E-state index contributed by atoms with van der Waals surface area (Å²) in [4.78, 5) is 13.2. The number of aromatic nitrogens is 4. The minimum atomic E-state index is -0.260. The number of halogens is 2. The van der Waals surface area contributed by atoms with Gasteiger partial charge in [-0.15, -0.1) is 10.2 Å². The highest BCUT2D eigenvalue weighted by molar-refractivity contribution is 6.35. The van der Waals surface area contributed by atoms with Crippen LogP contribution >= 0.6 is 23.2 Å². The van der Waals surface area contributed by atoms with Gasteiger partial charge in [-0.2, -0.15) is 4.80 Å². The molecule has 3 rings (SSSR count). The standard InChI is InChI=1S/C17H15Cl2N5O2/c18-13-7-6-12(15(19)8-13)9-20-17(25)10-24-22-16(21-23-24)11-26-14-4-2-1-3-5-14/h1-8H,9-11H2,(H,20,25). The van der Waals surface area contributed by atoms with Gasteiger partial charge in [-0.25, -0.2) is 0 Å². The van der Waals surface area contributed by atoms with E-state index in [4.69, 9.17) is 27.9 Å². The van der Waals surface area contributed by atoms with Crippen molar-refractivity contribution in [1.82, 2.24) is 25.5 Å². The van der Waals surface area contributed by atoms with Gasteiger partial charge in [-0.3, -0.25) is 4.79 Å². The van der Waals surface area contributed by atoms with Crippen molar-refractivity contribution < 1.29 is 9.53 Å². The van der Waals surface area contributed by atoms with Crippen LogP contribution in [0, 0.1) is 0 Å². The molecule has 0 radical (unpaired) electrons. The summed E-state index contributed by atoms with van der Waals surface area (Å²) >= 11 is 11.9. The summed E-state index contributed by atoms with van der Waals surface area (Å²) in [7, 11) is 0. The van der Waals surface area contributed by atoms with Crippen LogP contribution in [0.3, 0.4) is 0 Å². The maximum atomic E-state index is 12.0. The molecule has 1 heterocycles. The smallest absolute Gasteiger partial charge is 0.243 e. The summed E-state index contributed by atoms with van der Waals surface area (Å²) in [6, 6.07) is 14.4. The summed E-state index contributed by atoms with van der Waals surface area (Å²) in [5, 5.41) is 15.6. The molecule has 1 N–H and O–H groups in total. The highest BCUT2D eigenvalue weighted by Crippen LogP contribution is 2.20. The van der Waals surface area contributed by atoms with Gasteiger partial charge in [0.15, 0.2) is 6.61 Å². The van der Waals surface area contributed by atoms with Crippen molar-refractivity contribution in [2.45, 2.75) is 19.7 Å². The van der Waals surface area contributed by atoms with E-state index in [0.717, 1.165) is 5.56 Å². The molecule has 0 atom stereocenters. The molecule has 0 bridgehead atoms. The number of nitrogens with zero attached hydrogens (tertiary/aromatic N) is 4. The number of benzene rings is 2. The molecule has 26 heavy (non-hydrogen) atoms. The van der Waals surface area contributed by atoms with Crippen molar-refractivity contribution in [3.05, 3.63) is 70.0 Å². The minimum absolute atomic E-state index is 0.0520. The normalized spacial score (nSPS) is 10.5. The number of carbonyl (C=O) groups excluding carboxylic acids is 1. The molecule has 0 aliphatic heterocycles. The predicted molar refractivity (Wildman–Crippen MR) is 96.9 cm³/mol. The summed E-state index contributed by atoms with van der Waals surface area (Å²) in [6.07, 6.45) is 0. The first-order valence-electron chi connectivity index (χ1n) is 7.75. The largest absolute Gasteiger partial charge is 0.485 e. The van der Waals surface area contributed by atoms with Crippen LogP contribution in [0.25, 0.3) is 0 Å². The molecule has 0 fully saturated rings. The van der Waals surface area contributed by atoms with Gasteiger partial charge >= 0.3 is 0 Å². The number of nitrogens with one attached hydrogen (secondary N) is 1. The van der Waals surface area contributed by atoms with E-state index in [-0.39, 0.29) is 25.6 Å². The van der Waals surface area contributed by atoms with E-state index in [2.05, 4.69) is 20.7 Å². The molecule has 7 nitrogen and oxygen atoms in total. The van der Waals surface area contributed by atoms with E-state index >= 15 is 0 Å². The van der Waals surface area contributed by atoms with Gasteiger partial charge in [0.2, 0.25) is 11.7 Å².